The molecule has 0 aliphatic carbocycles. The first-order chi connectivity index (χ1) is 13.2. The zero-order chi connectivity index (χ0) is 18.6. The van der Waals surface area contributed by atoms with E-state index in [9.17, 15) is 9.18 Å². The molecule has 2 aromatic rings. The normalized spacial score (nSPS) is 18.0. The lowest BCUT2D eigenvalue weighted by Gasteiger charge is -2.33. The van der Waals surface area contributed by atoms with Crippen molar-refractivity contribution in [2.75, 3.05) is 32.8 Å². The Bertz CT molecular complexity index is 802. The smallest absolute Gasteiger partial charge is 0.254 e. The highest BCUT2D eigenvalue weighted by Crippen LogP contribution is 2.26. The van der Waals surface area contributed by atoms with Crippen molar-refractivity contribution in [1.29, 1.82) is 0 Å². The molecule has 27 heavy (non-hydrogen) atoms. The number of likely N-dealkylation sites (tertiary alicyclic amines) is 1. The summed E-state index contributed by atoms with van der Waals surface area (Å²) in [4.78, 5) is 16.9. The molecule has 2 aliphatic rings. The fourth-order valence-corrected chi connectivity index (χ4v) is 4.02. The fourth-order valence-electron chi connectivity index (χ4n) is 4.02. The van der Waals surface area contributed by atoms with Crippen molar-refractivity contribution in [3.63, 3.8) is 0 Å². The van der Waals surface area contributed by atoms with Gasteiger partial charge in [-0.3, -0.25) is 9.69 Å². The molecule has 1 saturated heterocycles. The summed E-state index contributed by atoms with van der Waals surface area (Å²) in [7, 11) is 0. The van der Waals surface area contributed by atoms with E-state index in [1.165, 1.54) is 12.1 Å². The number of hydrogen-bond acceptors (Lipinski definition) is 3. The molecule has 0 radical (unpaired) electrons. The first-order valence-electron chi connectivity index (χ1n) is 9.67. The van der Waals surface area contributed by atoms with Crippen LogP contribution in [0.15, 0.2) is 48.5 Å². The molecule has 2 aromatic carbocycles. The third-order valence-electron chi connectivity index (χ3n) is 5.55. The summed E-state index contributed by atoms with van der Waals surface area (Å²) in [5, 5.41) is 0. The average Bonchev–Trinajstić information content (AvgIpc) is 2.99. The van der Waals surface area contributed by atoms with E-state index >= 15 is 0 Å². The van der Waals surface area contributed by atoms with Gasteiger partial charge in [0, 0.05) is 31.3 Å². The molecule has 142 valence electrons. The van der Waals surface area contributed by atoms with E-state index in [1.807, 2.05) is 23.1 Å². The van der Waals surface area contributed by atoms with Gasteiger partial charge in [-0.15, -0.1) is 0 Å². The Balaban J connectivity index is 1.19. The highest BCUT2D eigenvalue weighted by atomic mass is 19.1. The van der Waals surface area contributed by atoms with E-state index in [2.05, 4.69) is 11.0 Å². The van der Waals surface area contributed by atoms with Gasteiger partial charge in [-0.1, -0.05) is 24.3 Å². The Morgan fingerprint density at radius 2 is 1.89 bits per heavy atom. The number of fused-ring (bicyclic) bond motifs is 1. The molecule has 5 heteroatoms. The van der Waals surface area contributed by atoms with Gasteiger partial charge in [0.05, 0.1) is 0 Å². The van der Waals surface area contributed by atoms with Gasteiger partial charge in [0.1, 0.15) is 18.2 Å². The lowest BCUT2D eigenvalue weighted by molar-refractivity contribution is 0.0708. The van der Waals surface area contributed by atoms with Crippen LogP contribution in [0.5, 0.6) is 5.75 Å². The fraction of sp³-hybridized carbons (Fsp3) is 0.409. The molecular weight excluding hydrogens is 343 g/mol. The molecule has 2 heterocycles. The van der Waals surface area contributed by atoms with E-state index in [1.54, 1.807) is 12.1 Å². The number of carbonyl (C=O) groups is 1. The van der Waals surface area contributed by atoms with Crippen LogP contribution in [-0.2, 0) is 6.54 Å². The largest absolute Gasteiger partial charge is 0.492 e. The molecule has 1 amide bonds. The van der Waals surface area contributed by atoms with Gasteiger partial charge in [-0.25, -0.2) is 4.39 Å². The summed E-state index contributed by atoms with van der Waals surface area (Å²) in [6, 6.07) is 14.2. The van der Waals surface area contributed by atoms with Crippen LogP contribution in [0.1, 0.15) is 28.8 Å². The SMILES string of the molecule is O=C1c2ccccc2CN1CC1CCN(CCOc2cccc(F)c2)CC1. The van der Waals surface area contributed by atoms with E-state index < -0.39 is 0 Å². The summed E-state index contributed by atoms with van der Waals surface area (Å²) in [6.45, 7) is 5.04. The monoisotopic (exact) mass is 368 g/mol. The maximum atomic E-state index is 13.2. The Labute approximate surface area is 159 Å². The molecule has 4 nitrogen and oxygen atoms in total. The minimum absolute atomic E-state index is 0.177. The molecule has 0 bridgehead atoms. The highest BCUT2D eigenvalue weighted by Gasteiger charge is 2.29. The standard InChI is InChI=1S/C22H25FN2O2/c23-19-5-3-6-20(14-19)27-13-12-24-10-8-17(9-11-24)15-25-16-18-4-1-2-7-21(18)22(25)26/h1-7,14,17H,8-13,15-16H2. The van der Waals surface area contributed by atoms with Gasteiger partial charge >= 0.3 is 0 Å². The van der Waals surface area contributed by atoms with Gasteiger partial charge in [0.15, 0.2) is 0 Å². The number of carbonyl (C=O) groups excluding carboxylic acids is 1. The highest BCUT2D eigenvalue weighted by molar-refractivity contribution is 5.98. The number of piperidine rings is 1. The van der Waals surface area contributed by atoms with Crippen molar-refractivity contribution < 1.29 is 13.9 Å². The topological polar surface area (TPSA) is 32.8 Å². The van der Waals surface area contributed by atoms with E-state index in [-0.39, 0.29) is 11.7 Å². The molecule has 0 aromatic heterocycles. The van der Waals surface area contributed by atoms with Gasteiger partial charge in [-0.05, 0) is 55.6 Å². The number of amides is 1. The van der Waals surface area contributed by atoms with Crippen LogP contribution in [0, 0.1) is 11.7 Å². The quantitative estimate of drug-likeness (QED) is 0.781. The Morgan fingerprint density at radius 1 is 1.07 bits per heavy atom. The van der Waals surface area contributed by atoms with Gasteiger partial charge in [0.2, 0.25) is 0 Å². The Hall–Kier alpha value is -2.40. The maximum absolute atomic E-state index is 13.2. The average molecular weight is 368 g/mol. The van der Waals surface area contributed by atoms with Crippen LogP contribution < -0.4 is 4.74 Å². The van der Waals surface area contributed by atoms with Crippen molar-refractivity contribution in [3.05, 3.63) is 65.5 Å². The second-order valence-corrected chi connectivity index (χ2v) is 7.43. The van der Waals surface area contributed by atoms with Crippen LogP contribution in [0.4, 0.5) is 4.39 Å². The van der Waals surface area contributed by atoms with E-state index in [0.29, 0.717) is 18.3 Å². The predicted molar refractivity (Wildman–Crippen MR) is 102 cm³/mol. The van der Waals surface area contributed by atoms with Crippen molar-refractivity contribution in [1.82, 2.24) is 9.80 Å². The zero-order valence-electron chi connectivity index (χ0n) is 15.4. The molecule has 0 spiro atoms. The number of hydrogen-bond donors (Lipinski definition) is 0. The van der Waals surface area contributed by atoms with Crippen molar-refractivity contribution in [2.24, 2.45) is 5.92 Å². The molecular formula is C22H25FN2O2. The summed E-state index contributed by atoms with van der Waals surface area (Å²) in [5.74, 6) is 1.05. The number of nitrogens with zero attached hydrogens (tertiary/aromatic N) is 2. The van der Waals surface area contributed by atoms with Gasteiger partial charge in [0.25, 0.3) is 5.91 Å². The number of ether oxygens (including phenoxy) is 1. The van der Waals surface area contributed by atoms with Crippen LogP contribution in [0.3, 0.4) is 0 Å². The molecule has 1 fully saturated rings. The molecule has 4 rings (SSSR count). The molecule has 0 atom stereocenters. The second-order valence-electron chi connectivity index (χ2n) is 7.43. The van der Waals surface area contributed by atoms with Gasteiger partial charge in [-0.2, -0.15) is 0 Å². The third kappa shape index (κ3) is 4.30. The molecule has 2 aliphatic heterocycles. The molecule has 0 N–H and O–H groups in total. The summed E-state index contributed by atoms with van der Waals surface area (Å²) >= 11 is 0. The maximum Gasteiger partial charge on any atom is 0.254 e. The first kappa shape index (κ1) is 18.0. The number of halogens is 1. The van der Waals surface area contributed by atoms with Crippen LogP contribution in [-0.4, -0.2) is 48.5 Å². The Kier molecular flexibility index (Phi) is 5.39. The van der Waals surface area contributed by atoms with Crippen molar-refractivity contribution >= 4 is 5.91 Å². The van der Waals surface area contributed by atoms with Crippen LogP contribution in [0.2, 0.25) is 0 Å². The van der Waals surface area contributed by atoms with E-state index in [0.717, 1.165) is 56.7 Å². The number of rotatable bonds is 6. The van der Waals surface area contributed by atoms with Crippen molar-refractivity contribution in [2.45, 2.75) is 19.4 Å². The summed E-state index contributed by atoms with van der Waals surface area (Å²) in [5.41, 5.74) is 2.01. The van der Waals surface area contributed by atoms with Crippen molar-refractivity contribution in [3.8, 4) is 5.75 Å². The van der Waals surface area contributed by atoms with E-state index in [4.69, 9.17) is 4.74 Å². The minimum Gasteiger partial charge on any atom is -0.492 e. The second kappa shape index (κ2) is 8.09. The third-order valence-corrected chi connectivity index (χ3v) is 5.55. The van der Waals surface area contributed by atoms with Crippen LogP contribution >= 0.6 is 0 Å². The minimum atomic E-state index is -0.271. The number of benzene rings is 2. The summed E-state index contributed by atoms with van der Waals surface area (Å²) in [6.07, 6.45) is 2.19. The summed E-state index contributed by atoms with van der Waals surface area (Å²) < 4.78 is 18.8. The Morgan fingerprint density at radius 3 is 2.67 bits per heavy atom. The lowest BCUT2D eigenvalue weighted by Crippen LogP contribution is -2.40. The van der Waals surface area contributed by atoms with Gasteiger partial charge < -0.3 is 9.64 Å². The molecule has 0 saturated carbocycles. The van der Waals surface area contributed by atoms with Crippen LogP contribution in [0.25, 0.3) is 0 Å². The lowest BCUT2D eigenvalue weighted by atomic mass is 9.96. The molecule has 0 unspecified atom stereocenters. The predicted octanol–water partition coefficient (Wildman–Crippen LogP) is 3.57. The zero-order valence-corrected chi connectivity index (χ0v) is 15.4. The first-order valence-corrected chi connectivity index (χ1v) is 9.67.